The Morgan fingerprint density at radius 1 is 1.10 bits per heavy atom. The van der Waals surface area contributed by atoms with E-state index in [1.54, 1.807) is 48.5 Å². The first-order valence-corrected chi connectivity index (χ1v) is 9.69. The summed E-state index contributed by atoms with van der Waals surface area (Å²) in [6.07, 6.45) is 0. The van der Waals surface area contributed by atoms with Gasteiger partial charge in [0.05, 0.1) is 25.8 Å². The molecule has 3 rings (SSSR count). The molecule has 1 atom stereocenters. The van der Waals surface area contributed by atoms with Crippen LogP contribution < -0.4 is 14.8 Å². The lowest BCUT2D eigenvalue weighted by Gasteiger charge is -2.26. The van der Waals surface area contributed by atoms with E-state index in [2.05, 4.69) is 5.32 Å². The van der Waals surface area contributed by atoms with Gasteiger partial charge in [-0.3, -0.25) is 14.4 Å². The van der Waals surface area contributed by atoms with Crippen LogP contribution in [0.25, 0.3) is 5.76 Å². The third kappa shape index (κ3) is 4.37. The number of aliphatic hydroxyl groups is 1. The van der Waals surface area contributed by atoms with Crippen LogP contribution in [0.3, 0.4) is 0 Å². The van der Waals surface area contributed by atoms with Gasteiger partial charge in [-0.05, 0) is 12.1 Å². The van der Waals surface area contributed by atoms with Crippen molar-refractivity contribution in [3.63, 3.8) is 0 Å². The molecule has 1 saturated heterocycles. The number of hydrogen-bond acceptors (Lipinski definition) is 6. The summed E-state index contributed by atoms with van der Waals surface area (Å²) in [6, 6.07) is 12.7. The largest absolute Gasteiger partial charge is 0.507 e. The maximum atomic E-state index is 13.0. The number of carbonyl (C=O) groups excluding carboxylic acids is 3. The molecule has 0 aliphatic carbocycles. The SMILES string of the molecule is COc1ccc([C@@H]2/C(=C(\O)c3ccccc3)C(=O)C(=O)N2CCNC(C)=O)c(OC)c1. The molecule has 162 valence electrons. The third-order valence-electron chi connectivity index (χ3n) is 5.05. The number of rotatable bonds is 7. The Kier molecular flexibility index (Phi) is 6.59. The lowest BCUT2D eigenvalue weighted by atomic mass is 9.94. The number of hydrogen-bond donors (Lipinski definition) is 2. The number of aliphatic hydroxyl groups excluding tert-OH is 1. The Bertz CT molecular complexity index is 1030. The number of carbonyl (C=O) groups is 3. The fraction of sp³-hybridized carbons (Fsp3) is 0.261. The van der Waals surface area contributed by atoms with Crippen molar-refractivity contribution in [1.29, 1.82) is 0 Å². The van der Waals surface area contributed by atoms with Crippen LogP contribution in [0.1, 0.15) is 24.1 Å². The summed E-state index contributed by atoms with van der Waals surface area (Å²) in [7, 11) is 2.99. The number of nitrogens with one attached hydrogen (secondary N) is 1. The molecular weight excluding hydrogens is 400 g/mol. The number of Topliss-reactive ketones (excluding diaryl/α,β-unsaturated/α-hetero) is 1. The second-order valence-corrected chi connectivity index (χ2v) is 6.95. The highest BCUT2D eigenvalue weighted by Gasteiger charge is 2.46. The van der Waals surface area contributed by atoms with Gasteiger partial charge in [0.15, 0.2) is 0 Å². The zero-order chi connectivity index (χ0) is 22.5. The van der Waals surface area contributed by atoms with Crippen LogP contribution in [0.2, 0.25) is 0 Å². The van der Waals surface area contributed by atoms with Crippen molar-refractivity contribution < 1.29 is 29.0 Å². The number of amides is 2. The smallest absolute Gasteiger partial charge is 0.295 e. The minimum atomic E-state index is -0.894. The molecule has 1 aliphatic rings. The first kappa shape index (κ1) is 21.9. The van der Waals surface area contributed by atoms with E-state index < -0.39 is 17.7 Å². The van der Waals surface area contributed by atoms with Crippen molar-refractivity contribution in [3.8, 4) is 11.5 Å². The summed E-state index contributed by atoms with van der Waals surface area (Å²) < 4.78 is 10.7. The molecule has 8 nitrogen and oxygen atoms in total. The first-order chi connectivity index (χ1) is 14.9. The average molecular weight is 424 g/mol. The Morgan fingerprint density at radius 2 is 1.81 bits per heavy atom. The molecule has 0 saturated carbocycles. The van der Waals surface area contributed by atoms with E-state index in [0.717, 1.165) is 0 Å². The van der Waals surface area contributed by atoms with Gasteiger partial charge in [0.2, 0.25) is 5.91 Å². The molecule has 2 N–H and O–H groups in total. The topological polar surface area (TPSA) is 105 Å². The van der Waals surface area contributed by atoms with Crippen molar-refractivity contribution in [1.82, 2.24) is 10.2 Å². The lowest BCUT2D eigenvalue weighted by molar-refractivity contribution is -0.140. The molecule has 0 spiro atoms. The van der Waals surface area contributed by atoms with Crippen LogP contribution in [0.5, 0.6) is 11.5 Å². The average Bonchev–Trinajstić information content (AvgIpc) is 3.03. The van der Waals surface area contributed by atoms with Crippen LogP contribution in [0.4, 0.5) is 0 Å². The van der Waals surface area contributed by atoms with Crippen LogP contribution in [0, 0.1) is 0 Å². The summed E-state index contributed by atoms with van der Waals surface area (Å²) in [5.74, 6) is -1.14. The summed E-state index contributed by atoms with van der Waals surface area (Å²) >= 11 is 0. The molecule has 2 aromatic rings. The molecule has 0 radical (unpaired) electrons. The summed E-state index contributed by atoms with van der Waals surface area (Å²) in [4.78, 5) is 38.5. The quantitative estimate of drug-likeness (QED) is 0.401. The van der Waals surface area contributed by atoms with Gasteiger partial charge in [-0.25, -0.2) is 0 Å². The molecule has 0 aromatic heterocycles. The maximum absolute atomic E-state index is 13.0. The Labute approximate surface area is 180 Å². The second kappa shape index (κ2) is 9.34. The number of ether oxygens (including phenoxy) is 2. The van der Waals surface area contributed by atoms with Crippen molar-refractivity contribution in [2.75, 3.05) is 27.3 Å². The highest BCUT2D eigenvalue weighted by atomic mass is 16.5. The van der Waals surface area contributed by atoms with Gasteiger partial charge in [0.1, 0.15) is 17.3 Å². The van der Waals surface area contributed by atoms with E-state index in [-0.39, 0.29) is 30.3 Å². The fourth-order valence-electron chi connectivity index (χ4n) is 3.58. The van der Waals surface area contributed by atoms with Crippen molar-refractivity contribution in [2.24, 2.45) is 0 Å². The normalized spacial score (nSPS) is 17.5. The molecular formula is C23H24N2O6. The van der Waals surface area contributed by atoms with Gasteiger partial charge in [0.25, 0.3) is 11.7 Å². The summed E-state index contributed by atoms with van der Waals surface area (Å²) in [6.45, 7) is 1.60. The molecule has 31 heavy (non-hydrogen) atoms. The highest BCUT2D eigenvalue weighted by Crippen LogP contribution is 2.43. The zero-order valence-corrected chi connectivity index (χ0v) is 17.5. The van der Waals surface area contributed by atoms with Crippen LogP contribution >= 0.6 is 0 Å². The molecule has 8 heteroatoms. The predicted octanol–water partition coefficient (Wildman–Crippen LogP) is 2.26. The summed E-state index contributed by atoms with van der Waals surface area (Å²) in [5, 5.41) is 13.6. The molecule has 1 heterocycles. The van der Waals surface area contributed by atoms with Gasteiger partial charge >= 0.3 is 0 Å². The first-order valence-electron chi connectivity index (χ1n) is 9.69. The number of nitrogens with zero attached hydrogens (tertiary/aromatic N) is 1. The van der Waals surface area contributed by atoms with Gasteiger partial charge in [0, 0.05) is 37.2 Å². The van der Waals surface area contributed by atoms with Gasteiger partial charge in [-0.1, -0.05) is 30.3 Å². The standard InChI is InChI=1S/C23H24N2O6/c1-14(26)24-11-12-25-20(17-10-9-16(30-2)13-18(17)31-3)19(22(28)23(25)29)21(27)15-7-5-4-6-8-15/h4-10,13,20,27H,11-12H2,1-3H3,(H,24,26)/b21-19+/t20-/m1/s1. The van der Waals surface area contributed by atoms with Crippen molar-refractivity contribution in [2.45, 2.75) is 13.0 Å². The Balaban J connectivity index is 2.16. The van der Waals surface area contributed by atoms with Gasteiger partial charge < -0.3 is 24.8 Å². The summed E-state index contributed by atoms with van der Waals surface area (Å²) in [5.41, 5.74) is 0.894. The number of methoxy groups -OCH3 is 2. The maximum Gasteiger partial charge on any atom is 0.295 e. The fourth-order valence-corrected chi connectivity index (χ4v) is 3.58. The number of likely N-dealkylation sites (tertiary alicyclic amines) is 1. The highest BCUT2D eigenvalue weighted by molar-refractivity contribution is 6.46. The van der Waals surface area contributed by atoms with Crippen LogP contribution in [-0.4, -0.2) is 54.9 Å². The molecule has 0 unspecified atom stereocenters. The molecule has 0 bridgehead atoms. The van der Waals surface area contributed by atoms with Crippen molar-refractivity contribution in [3.05, 3.63) is 65.2 Å². The minimum Gasteiger partial charge on any atom is -0.507 e. The zero-order valence-electron chi connectivity index (χ0n) is 17.5. The minimum absolute atomic E-state index is 0.0394. The number of ketones is 1. The second-order valence-electron chi connectivity index (χ2n) is 6.95. The monoisotopic (exact) mass is 424 g/mol. The Hall–Kier alpha value is -3.81. The van der Waals surface area contributed by atoms with Gasteiger partial charge in [-0.15, -0.1) is 0 Å². The van der Waals surface area contributed by atoms with E-state index in [1.807, 2.05) is 0 Å². The van der Waals surface area contributed by atoms with E-state index in [0.29, 0.717) is 22.6 Å². The van der Waals surface area contributed by atoms with E-state index >= 15 is 0 Å². The van der Waals surface area contributed by atoms with Crippen LogP contribution in [0.15, 0.2) is 54.1 Å². The molecule has 1 aliphatic heterocycles. The lowest BCUT2D eigenvalue weighted by Crippen LogP contribution is -2.37. The van der Waals surface area contributed by atoms with Crippen LogP contribution in [-0.2, 0) is 14.4 Å². The van der Waals surface area contributed by atoms with E-state index in [1.165, 1.54) is 26.0 Å². The van der Waals surface area contributed by atoms with E-state index in [4.69, 9.17) is 9.47 Å². The third-order valence-corrected chi connectivity index (χ3v) is 5.05. The molecule has 2 amide bonds. The van der Waals surface area contributed by atoms with Crippen molar-refractivity contribution >= 4 is 23.4 Å². The molecule has 1 fully saturated rings. The number of benzene rings is 2. The Morgan fingerprint density at radius 3 is 2.42 bits per heavy atom. The van der Waals surface area contributed by atoms with E-state index in [9.17, 15) is 19.5 Å². The van der Waals surface area contributed by atoms with Gasteiger partial charge in [-0.2, -0.15) is 0 Å². The predicted molar refractivity (Wildman–Crippen MR) is 114 cm³/mol. The molecule has 2 aromatic carbocycles.